The topological polar surface area (TPSA) is 41.1 Å². The summed E-state index contributed by atoms with van der Waals surface area (Å²) in [5.41, 5.74) is 2.89. The van der Waals surface area contributed by atoms with Gasteiger partial charge in [-0.3, -0.25) is 4.79 Å². The van der Waals surface area contributed by atoms with Crippen molar-refractivity contribution in [3.8, 4) is 0 Å². The van der Waals surface area contributed by atoms with Gasteiger partial charge in [-0.15, -0.1) is 0 Å². The summed E-state index contributed by atoms with van der Waals surface area (Å²) >= 11 is 3.10. The lowest BCUT2D eigenvalue weighted by Crippen LogP contribution is -2.15. The smallest absolute Gasteiger partial charge is 0.257 e. The highest BCUT2D eigenvalue weighted by Gasteiger charge is 2.12. The van der Waals surface area contributed by atoms with Crippen LogP contribution in [0.5, 0.6) is 0 Å². The largest absolute Gasteiger partial charge is 0.385 e. The first-order valence-electron chi connectivity index (χ1n) is 6.62. The molecular weight excluding hydrogens is 335 g/mol. The van der Waals surface area contributed by atoms with Crippen molar-refractivity contribution in [1.82, 2.24) is 0 Å². The lowest BCUT2D eigenvalue weighted by atomic mass is 10.1. The molecule has 0 bridgehead atoms. The Balaban J connectivity index is 2.27. The van der Waals surface area contributed by atoms with Gasteiger partial charge in [-0.05, 0) is 60.1 Å². The van der Waals surface area contributed by atoms with Gasteiger partial charge in [0.25, 0.3) is 5.91 Å². The number of rotatable bonds is 4. The van der Waals surface area contributed by atoms with E-state index in [1.807, 2.05) is 32.0 Å². The number of anilines is 2. The molecule has 0 aliphatic carbocycles. The summed E-state index contributed by atoms with van der Waals surface area (Å²) in [6.45, 7) is 4.63. The highest BCUT2D eigenvalue weighted by atomic mass is 79.9. The first-order valence-corrected chi connectivity index (χ1v) is 7.41. The molecule has 2 aromatic carbocycles. The molecule has 21 heavy (non-hydrogen) atoms. The molecule has 2 N–H and O–H groups in total. The van der Waals surface area contributed by atoms with Gasteiger partial charge in [0.1, 0.15) is 5.82 Å². The summed E-state index contributed by atoms with van der Waals surface area (Å²) in [4.78, 5) is 12.4. The minimum atomic E-state index is -0.364. The van der Waals surface area contributed by atoms with E-state index in [1.54, 1.807) is 0 Å². The van der Waals surface area contributed by atoms with Crippen LogP contribution in [0.15, 0.2) is 40.9 Å². The first kappa shape index (κ1) is 15.5. The van der Waals surface area contributed by atoms with Crippen molar-refractivity contribution in [3.63, 3.8) is 0 Å². The molecule has 2 aromatic rings. The van der Waals surface area contributed by atoms with Crippen LogP contribution in [0.3, 0.4) is 0 Å². The van der Waals surface area contributed by atoms with Crippen molar-refractivity contribution in [2.24, 2.45) is 0 Å². The highest BCUT2D eigenvalue weighted by Crippen LogP contribution is 2.22. The Kier molecular flexibility index (Phi) is 4.96. The summed E-state index contributed by atoms with van der Waals surface area (Å²) < 4.78 is 13.5. The quantitative estimate of drug-likeness (QED) is 0.847. The molecule has 0 aromatic heterocycles. The zero-order chi connectivity index (χ0) is 15.4. The van der Waals surface area contributed by atoms with E-state index in [4.69, 9.17) is 0 Å². The molecule has 0 saturated carbocycles. The van der Waals surface area contributed by atoms with Crippen LogP contribution in [0.2, 0.25) is 0 Å². The van der Waals surface area contributed by atoms with E-state index in [1.165, 1.54) is 18.2 Å². The number of amides is 1. The molecule has 0 spiro atoms. The van der Waals surface area contributed by atoms with E-state index in [-0.39, 0.29) is 11.7 Å². The van der Waals surface area contributed by atoms with Crippen LogP contribution in [0.1, 0.15) is 22.8 Å². The third kappa shape index (κ3) is 3.82. The standard InChI is InChI=1S/C16H16BrFN2O/c1-3-19-15-7-4-10(2)8-12(15)16(21)20-11-5-6-14(18)13(17)9-11/h4-9,19H,3H2,1-2H3,(H,20,21). The number of benzene rings is 2. The maximum absolute atomic E-state index is 13.2. The van der Waals surface area contributed by atoms with E-state index in [0.29, 0.717) is 15.7 Å². The Morgan fingerprint density at radius 1 is 1.24 bits per heavy atom. The van der Waals surface area contributed by atoms with Crippen molar-refractivity contribution in [1.29, 1.82) is 0 Å². The molecule has 0 aliphatic heterocycles. The van der Waals surface area contributed by atoms with E-state index < -0.39 is 0 Å². The lowest BCUT2D eigenvalue weighted by molar-refractivity contribution is 0.102. The summed E-state index contributed by atoms with van der Waals surface area (Å²) in [6.07, 6.45) is 0. The molecule has 0 fully saturated rings. The van der Waals surface area contributed by atoms with Crippen LogP contribution in [0, 0.1) is 12.7 Å². The minimum absolute atomic E-state index is 0.229. The highest BCUT2D eigenvalue weighted by molar-refractivity contribution is 9.10. The molecule has 1 amide bonds. The van der Waals surface area contributed by atoms with Crippen molar-refractivity contribution >= 4 is 33.2 Å². The molecule has 5 heteroatoms. The second-order valence-corrected chi connectivity index (χ2v) is 5.52. The average Bonchev–Trinajstić information content (AvgIpc) is 2.45. The van der Waals surface area contributed by atoms with Crippen LogP contribution in [0.25, 0.3) is 0 Å². The number of carbonyl (C=O) groups is 1. The number of hydrogen-bond donors (Lipinski definition) is 2. The van der Waals surface area contributed by atoms with Gasteiger partial charge in [0.15, 0.2) is 0 Å². The molecule has 0 aliphatic rings. The molecular formula is C16H16BrFN2O. The predicted molar refractivity (Wildman–Crippen MR) is 87.4 cm³/mol. The number of aryl methyl sites for hydroxylation is 1. The predicted octanol–water partition coefficient (Wildman–Crippen LogP) is 4.58. The van der Waals surface area contributed by atoms with E-state index >= 15 is 0 Å². The molecule has 2 rings (SSSR count). The van der Waals surface area contributed by atoms with Crippen molar-refractivity contribution in [2.45, 2.75) is 13.8 Å². The normalized spacial score (nSPS) is 10.3. The minimum Gasteiger partial charge on any atom is -0.385 e. The van der Waals surface area contributed by atoms with Crippen LogP contribution in [0.4, 0.5) is 15.8 Å². The SMILES string of the molecule is CCNc1ccc(C)cc1C(=O)Nc1ccc(F)c(Br)c1. The van der Waals surface area contributed by atoms with Gasteiger partial charge in [0, 0.05) is 17.9 Å². The zero-order valence-electron chi connectivity index (χ0n) is 11.8. The molecule has 0 atom stereocenters. The van der Waals surface area contributed by atoms with E-state index in [9.17, 15) is 9.18 Å². The van der Waals surface area contributed by atoms with Gasteiger partial charge in [-0.1, -0.05) is 11.6 Å². The molecule has 0 radical (unpaired) electrons. The van der Waals surface area contributed by atoms with Crippen LogP contribution in [-0.4, -0.2) is 12.5 Å². The second-order valence-electron chi connectivity index (χ2n) is 4.66. The van der Waals surface area contributed by atoms with Gasteiger partial charge in [0.05, 0.1) is 10.0 Å². The molecule has 3 nitrogen and oxygen atoms in total. The maximum Gasteiger partial charge on any atom is 0.257 e. The van der Waals surface area contributed by atoms with Crippen molar-refractivity contribution in [2.75, 3.05) is 17.2 Å². The van der Waals surface area contributed by atoms with Gasteiger partial charge < -0.3 is 10.6 Å². The van der Waals surface area contributed by atoms with Crippen LogP contribution < -0.4 is 10.6 Å². The summed E-state index contributed by atoms with van der Waals surface area (Å²) in [7, 11) is 0. The Labute approximate surface area is 131 Å². The third-order valence-corrected chi connectivity index (χ3v) is 3.57. The first-order chi connectivity index (χ1) is 10.0. The van der Waals surface area contributed by atoms with Gasteiger partial charge in [0.2, 0.25) is 0 Å². The molecule has 0 unspecified atom stereocenters. The Hall–Kier alpha value is -1.88. The fraction of sp³-hybridized carbons (Fsp3) is 0.188. The Morgan fingerprint density at radius 3 is 2.67 bits per heavy atom. The van der Waals surface area contributed by atoms with Crippen molar-refractivity contribution < 1.29 is 9.18 Å². The van der Waals surface area contributed by atoms with Gasteiger partial charge >= 0.3 is 0 Å². The molecule has 0 saturated heterocycles. The van der Waals surface area contributed by atoms with Gasteiger partial charge in [-0.25, -0.2) is 4.39 Å². The fourth-order valence-electron chi connectivity index (χ4n) is 1.96. The maximum atomic E-state index is 13.2. The number of halogens is 2. The number of nitrogens with one attached hydrogen (secondary N) is 2. The van der Waals surface area contributed by atoms with E-state index in [2.05, 4.69) is 26.6 Å². The number of carbonyl (C=O) groups excluding carboxylic acids is 1. The summed E-state index contributed by atoms with van der Waals surface area (Å²) in [6, 6.07) is 10.0. The third-order valence-electron chi connectivity index (χ3n) is 2.96. The second kappa shape index (κ2) is 6.72. The Morgan fingerprint density at radius 2 is 2.00 bits per heavy atom. The van der Waals surface area contributed by atoms with E-state index in [0.717, 1.165) is 17.8 Å². The lowest BCUT2D eigenvalue weighted by Gasteiger charge is -2.12. The molecule has 0 heterocycles. The number of hydrogen-bond acceptors (Lipinski definition) is 2. The Bertz CT molecular complexity index is 673. The fourth-order valence-corrected chi connectivity index (χ4v) is 2.34. The monoisotopic (exact) mass is 350 g/mol. The van der Waals surface area contributed by atoms with Gasteiger partial charge in [-0.2, -0.15) is 0 Å². The zero-order valence-corrected chi connectivity index (χ0v) is 13.4. The summed E-state index contributed by atoms with van der Waals surface area (Å²) in [5, 5.41) is 5.94. The van der Waals surface area contributed by atoms with Crippen LogP contribution in [-0.2, 0) is 0 Å². The van der Waals surface area contributed by atoms with Crippen LogP contribution >= 0.6 is 15.9 Å². The van der Waals surface area contributed by atoms with Crippen molar-refractivity contribution in [3.05, 3.63) is 57.8 Å². The summed E-state index contributed by atoms with van der Waals surface area (Å²) in [5.74, 6) is -0.593. The molecule has 110 valence electrons. The average molecular weight is 351 g/mol.